The number of carbonyl (C=O) groups is 2. The molecule has 7 atom stereocenters. The molecule has 0 aliphatic carbocycles. The van der Waals surface area contributed by atoms with Crippen LogP contribution in [0.15, 0.2) is 34.8 Å². The summed E-state index contributed by atoms with van der Waals surface area (Å²) in [5, 5.41) is 14.7. The van der Waals surface area contributed by atoms with Gasteiger partial charge in [0.25, 0.3) is 0 Å². The minimum atomic E-state index is -1.27. The first-order valence-corrected chi connectivity index (χ1v) is 10.5. The summed E-state index contributed by atoms with van der Waals surface area (Å²) in [5.74, 6) is -1.26. The summed E-state index contributed by atoms with van der Waals surface area (Å²) >= 11 is 0. The molecule has 168 valence electrons. The fourth-order valence-corrected chi connectivity index (χ4v) is 5.05. The molecule has 0 radical (unpaired) electrons. The number of hydrogen-bond donors (Lipinski definition) is 2. The van der Waals surface area contributed by atoms with Crippen molar-refractivity contribution < 1.29 is 33.3 Å². The number of nitrogens with one attached hydrogen (secondary N) is 1. The highest BCUT2D eigenvalue weighted by Crippen LogP contribution is 2.54. The normalized spacial score (nSPS) is 36.1. The Morgan fingerprint density at radius 2 is 2.06 bits per heavy atom. The van der Waals surface area contributed by atoms with Crippen LogP contribution in [0.1, 0.15) is 48.6 Å². The van der Waals surface area contributed by atoms with Gasteiger partial charge in [-0.3, -0.25) is 0 Å². The highest BCUT2D eigenvalue weighted by molar-refractivity contribution is 5.91. The number of epoxide rings is 1. The SMILES string of the molecule is C=C(C)[C@H]1Cc2oc(cc2C(=O)OC)[C@H](C(=C)C)[C@H](O)[C@H](NCC)[C@]23O[C@H]2C1OC3=O. The van der Waals surface area contributed by atoms with Crippen molar-refractivity contribution in [3.8, 4) is 0 Å². The number of aliphatic hydroxyl groups excluding tert-OH is 1. The number of likely N-dealkylation sites (N-methyl/N-ethyl adjacent to an activating group) is 1. The van der Waals surface area contributed by atoms with Crippen LogP contribution in [0.5, 0.6) is 0 Å². The molecule has 1 aromatic heterocycles. The Morgan fingerprint density at radius 1 is 1.35 bits per heavy atom. The maximum absolute atomic E-state index is 13.0. The standard InChI is InChI=1S/C23H29NO7/c1-7-24-19-17(25)16(11(4)5)15-9-13(21(26)28-6)14(29-15)8-12(10(2)3)18-20-23(19,31-20)22(27)30-18/h9,12,16-20,24-25H,2,4,7-8H2,1,3,5-6H3/t12-,16+,17+,18?,19+,20+,23+/m1/s1. The summed E-state index contributed by atoms with van der Waals surface area (Å²) < 4.78 is 22.8. The van der Waals surface area contributed by atoms with E-state index in [1.165, 1.54) is 7.11 Å². The minimum absolute atomic E-state index is 0.273. The number of rotatable bonds is 5. The summed E-state index contributed by atoms with van der Waals surface area (Å²) in [5.41, 5.74) is 0.397. The fraction of sp³-hybridized carbons (Fsp3) is 0.565. The molecule has 2 fully saturated rings. The Hall–Kier alpha value is -2.42. The third-order valence-corrected chi connectivity index (χ3v) is 6.62. The molecule has 8 heteroatoms. The molecule has 4 rings (SSSR count). The topological polar surface area (TPSA) is 111 Å². The van der Waals surface area contributed by atoms with Crippen LogP contribution in [0, 0.1) is 5.92 Å². The molecule has 3 aliphatic rings. The Balaban J connectivity index is 1.91. The first-order valence-electron chi connectivity index (χ1n) is 10.5. The molecule has 3 aliphatic heterocycles. The van der Waals surface area contributed by atoms with Crippen LogP contribution in [-0.4, -0.2) is 60.7 Å². The molecule has 0 amide bonds. The van der Waals surface area contributed by atoms with Gasteiger partial charge in [0.1, 0.15) is 29.3 Å². The third kappa shape index (κ3) is 3.16. The fourth-order valence-electron chi connectivity index (χ4n) is 5.05. The van der Waals surface area contributed by atoms with Gasteiger partial charge in [-0.2, -0.15) is 0 Å². The summed E-state index contributed by atoms with van der Waals surface area (Å²) in [6.45, 7) is 14.1. The number of hydrogen-bond acceptors (Lipinski definition) is 8. The number of ether oxygens (including phenoxy) is 3. The minimum Gasteiger partial charge on any atom is -0.465 e. The second-order valence-electron chi connectivity index (χ2n) is 8.69. The summed E-state index contributed by atoms with van der Waals surface area (Å²) in [4.78, 5) is 25.5. The molecule has 2 N–H and O–H groups in total. The highest BCUT2D eigenvalue weighted by atomic mass is 16.7. The van der Waals surface area contributed by atoms with Crippen molar-refractivity contribution in [2.75, 3.05) is 13.7 Å². The van der Waals surface area contributed by atoms with Crippen LogP contribution in [0.3, 0.4) is 0 Å². The first kappa shape index (κ1) is 21.8. The van der Waals surface area contributed by atoms with E-state index in [0.29, 0.717) is 23.6 Å². The van der Waals surface area contributed by atoms with Crippen molar-refractivity contribution in [2.45, 2.75) is 63.1 Å². The van der Waals surface area contributed by atoms with Crippen molar-refractivity contribution in [3.05, 3.63) is 47.5 Å². The maximum Gasteiger partial charge on any atom is 0.343 e. The monoisotopic (exact) mass is 431 g/mol. The Bertz CT molecular complexity index is 950. The predicted molar refractivity (Wildman–Crippen MR) is 111 cm³/mol. The lowest BCUT2D eigenvalue weighted by atomic mass is 9.79. The molecule has 0 aromatic carbocycles. The van der Waals surface area contributed by atoms with E-state index in [-0.39, 0.29) is 17.9 Å². The van der Waals surface area contributed by atoms with Gasteiger partial charge in [0.2, 0.25) is 5.60 Å². The van der Waals surface area contributed by atoms with Gasteiger partial charge < -0.3 is 29.1 Å². The number of carbonyl (C=O) groups excluding carboxylic acids is 2. The molecule has 4 heterocycles. The molecular weight excluding hydrogens is 402 g/mol. The average Bonchev–Trinajstić information content (AvgIpc) is 3.22. The van der Waals surface area contributed by atoms with E-state index in [2.05, 4.69) is 18.5 Å². The van der Waals surface area contributed by atoms with E-state index in [1.807, 2.05) is 13.8 Å². The van der Waals surface area contributed by atoms with Crippen molar-refractivity contribution in [1.82, 2.24) is 5.32 Å². The van der Waals surface area contributed by atoms with Gasteiger partial charge in [-0.25, -0.2) is 9.59 Å². The molecule has 0 spiro atoms. The second kappa shape index (κ2) is 7.62. The number of furan rings is 1. The third-order valence-electron chi connectivity index (χ3n) is 6.62. The Labute approximate surface area is 181 Å². The van der Waals surface area contributed by atoms with Crippen LogP contribution in [0.2, 0.25) is 0 Å². The largest absolute Gasteiger partial charge is 0.465 e. The van der Waals surface area contributed by atoms with E-state index in [0.717, 1.165) is 5.57 Å². The highest BCUT2D eigenvalue weighted by Gasteiger charge is 2.78. The van der Waals surface area contributed by atoms with Gasteiger partial charge in [-0.1, -0.05) is 31.2 Å². The van der Waals surface area contributed by atoms with E-state index >= 15 is 0 Å². The molecule has 0 saturated carbocycles. The molecular formula is C23H29NO7. The van der Waals surface area contributed by atoms with Crippen LogP contribution in [0.25, 0.3) is 0 Å². The van der Waals surface area contributed by atoms with Crippen LogP contribution in [0.4, 0.5) is 0 Å². The lowest BCUT2D eigenvalue weighted by Gasteiger charge is -2.32. The lowest BCUT2D eigenvalue weighted by Crippen LogP contribution is -2.56. The zero-order chi connectivity index (χ0) is 22.7. The molecule has 4 bridgehead atoms. The van der Waals surface area contributed by atoms with Crippen molar-refractivity contribution in [1.29, 1.82) is 0 Å². The number of fused-ring (bicyclic) bond motifs is 2. The van der Waals surface area contributed by atoms with Gasteiger partial charge in [0, 0.05) is 12.3 Å². The molecule has 8 nitrogen and oxygen atoms in total. The molecule has 2 saturated heterocycles. The number of methoxy groups -OCH3 is 1. The molecule has 1 aromatic rings. The van der Waals surface area contributed by atoms with Crippen molar-refractivity contribution >= 4 is 11.9 Å². The zero-order valence-corrected chi connectivity index (χ0v) is 18.3. The summed E-state index contributed by atoms with van der Waals surface area (Å²) in [6, 6.07) is 0.845. The molecule has 1 unspecified atom stereocenters. The van der Waals surface area contributed by atoms with E-state index < -0.39 is 47.8 Å². The van der Waals surface area contributed by atoms with Crippen LogP contribution in [-0.2, 0) is 25.4 Å². The van der Waals surface area contributed by atoms with E-state index in [4.69, 9.17) is 18.6 Å². The molecule has 31 heavy (non-hydrogen) atoms. The number of aliphatic hydroxyl groups is 1. The van der Waals surface area contributed by atoms with Gasteiger partial charge in [0.15, 0.2) is 0 Å². The lowest BCUT2D eigenvalue weighted by molar-refractivity contribution is -0.158. The maximum atomic E-state index is 13.0. The van der Waals surface area contributed by atoms with Gasteiger partial charge in [-0.15, -0.1) is 0 Å². The zero-order valence-electron chi connectivity index (χ0n) is 18.3. The average molecular weight is 431 g/mol. The summed E-state index contributed by atoms with van der Waals surface area (Å²) in [7, 11) is 1.30. The Kier molecular flexibility index (Phi) is 5.36. The smallest absolute Gasteiger partial charge is 0.343 e. The van der Waals surface area contributed by atoms with Crippen molar-refractivity contribution in [3.63, 3.8) is 0 Å². The van der Waals surface area contributed by atoms with Crippen molar-refractivity contribution in [2.24, 2.45) is 5.92 Å². The summed E-state index contributed by atoms with van der Waals surface area (Å²) in [6.07, 6.45) is -1.96. The first-order chi connectivity index (χ1) is 14.7. The quantitative estimate of drug-likeness (QED) is 0.413. The van der Waals surface area contributed by atoms with Crippen LogP contribution < -0.4 is 5.32 Å². The van der Waals surface area contributed by atoms with Gasteiger partial charge in [0.05, 0.1) is 25.2 Å². The van der Waals surface area contributed by atoms with Crippen LogP contribution >= 0.6 is 0 Å². The Morgan fingerprint density at radius 3 is 2.61 bits per heavy atom. The second-order valence-corrected chi connectivity index (χ2v) is 8.69. The van der Waals surface area contributed by atoms with E-state index in [1.54, 1.807) is 13.0 Å². The van der Waals surface area contributed by atoms with Gasteiger partial charge >= 0.3 is 11.9 Å². The van der Waals surface area contributed by atoms with E-state index in [9.17, 15) is 14.7 Å². The number of esters is 2. The predicted octanol–water partition coefficient (Wildman–Crippen LogP) is 1.88. The van der Waals surface area contributed by atoms with Gasteiger partial charge in [-0.05, 0) is 26.5 Å².